The molecule has 0 bridgehead atoms. The third-order valence-electron chi connectivity index (χ3n) is 2.05. The highest BCUT2D eigenvalue weighted by Crippen LogP contribution is 2.29. The minimum Gasteiger partial charge on any atom is -0.296 e. The van der Waals surface area contributed by atoms with E-state index in [4.69, 9.17) is 0 Å². The molecule has 0 fully saturated rings. The van der Waals surface area contributed by atoms with Crippen molar-refractivity contribution in [2.24, 2.45) is 0 Å². The van der Waals surface area contributed by atoms with E-state index in [9.17, 15) is 4.79 Å². The molecule has 0 saturated heterocycles. The van der Waals surface area contributed by atoms with Gasteiger partial charge in [-0.3, -0.25) is 9.20 Å². The van der Waals surface area contributed by atoms with Crippen molar-refractivity contribution in [1.29, 1.82) is 0 Å². The molecular formula is C8H7BrN2OS. The van der Waals surface area contributed by atoms with Crippen molar-refractivity contribution in [2.75, 3.05) is 0 Å². The fourth-order valence-electron chi connectivity index (χ4n) is 1.25. The van der Waals surface area contributed by atoms with E-state index < -0.39 is 0 Å². The summed E-state index contributed by atoms with van der Waals surface area (Å²) in [5.74, 6) is 0. The van der Waals surface area contributed by atoms with Gasteiger partial charge in [0.25, 0.3) is 0 Å². The van der Waals surface area contributed by atoms with Crippen LogP contribution >= 0.6 is 27.3 Å². The lowest BCUT2D eigenvalue weighted by atomic mass is 10.4. The lowest BCUT2D eigenvalue weighted by molar-refractivity contribution is 0.111. The van der Waals surface area contributed by atoms with Crippen LogP contribution in [0.5, 0.6) is 0 Å². The van der Waals surface area contributed by atoms with Gasteiger partial charge in [-0.15, -0.1) is 0 Å². The number of imidazole rings is 1. The van der Waals surface area contributed by atoms with Crippen LogP contribution in [-0.4, -0.2) is 15.7 Å². The van der Waals surface area contributed by atoms with Gasteiger partial charge in [-0.2, -0.15) is 0 Å². The molecule has 0 unspecified atom stereocenters. The van der Waals surface area contributed by atoms with Gasteiger partial charge in [0.2, 0.25) is 0 Å². The molecular weight excluding hydrogens is 252 g/mol. The highest BCUT2D eigenvalue weighted by atomic mass is 79.9. The van der Waals surface area contributed by atoms with Crippen LogP contribution in [0.2, 0.25) is 0 Å². The molecule has 0 N–H and O–H groups in total. The first-order valence-corrected chi connectivity index (χ1v) is 5.35. The van der Waals surface area contributed by atoms with E-state index in [1.54, 1.807) is 0 Å². The van der Waals surface area contributed by atoms with Crippen LogP contribution in [0.1, 0.15) is 21.9 Å². The molecule has 0 aliphatic heterocycles. The largest absolute Gasteiger partial charge is 0.296 e. The zero-order chi connectivity index (χ0) is 9.59. The van der Waals surface area contributed by atoms with E-state index in [1.165, 1.54) is 11.3 Å². The zero-order valence-electron chi connectivity index (χ0n) is 7.17. The molecule has 2 rings (SSSR count). The predicted molar refractivity (Wildman–Crippen MR) is 55.6 cm³/mol. The Balaban J connectivity index is 2.94. The summed E-state index contributed by atoms with van der Waals surface area (Å²) in [5, 5.41) is 0. The molecule has 0 atom stereocenters. The van der Waals surface area contributed by atoms with Crippen LogP contribution < -0.4 is 0 Å². The van der Waals surface area contributed by atoms with Crippen LogP contribution in [-0.2, 0) is 0 Å². The molecule has 2 aromatic rings. The molecule has 3 nitrogen and oxygen atoms in total. The molecule has 2 aromatic heterocycles. The van der Waals surface area contributed by atoms with Gasteiger partial charge < -0.3 is 0 Å². The van der Waals surface area contributed by atoms with Crippen molar-refractivity contribution < 1.29 is 4.79 Å². The monoisotopic (exact) mass is 258 g/mol. The van der Waals surface area contributed by atoms with E-state index in [0.29, 0.717) is 5.69 Å². The quantitative estimate of drug-likeness (QED) is 0.738. The lowest BCUT2D eigenvalue weighted by Gasteiger charge is -1.93. The van der Waals surface area contributed by atoms with Gasteiger partial charge in [0.15, 0.2) is 11.2 Å². The van der Waals surface area contributed by atoms with Crippen LogP contribution in [0.25, 0.3) is 4.96 Å². The average Bonchev–Trinajstić information content (AvgIpc) is 2.51. The Morgan fingerprint density at radius 1 is 1.54 bits per heavy atom. The molecule has 13 heavy (non-hydrogen) atoms. The number of fused-ring (bicyclic) bond motifs is 1. The summed E-state index contributed by atoms with van der Waals surface area (Å²) in [6, 6.07) is 0. The van der Waals surface area contributed by atoms with Gasteiger partial charge in [-0.25, -0.2) is 4.98 Å². The van der Waals surface area contributed by atoms with E-state index in [2.05, 4.69) is 20.9 Å². The Morgan fingerprint density at radius 3 is 2.85 bits per heavy atom. The molecule has 0 saturated carbocycles. The number of hydrogen-bond donors (Lipinski definition) is 0. The summed E-state index contributed by atoms with van der Waals surface area (Å²) >= 11 is 4.81. The van der Waals surface area contributed by atoms with Gasteiger partial charge in [-0.05, 0) is 29.8 Å². The number of aryl methyl sites for hydroxylation is 2. The van der Waals surface area contributed by atoms with Gasteiger partial charge in [0.1, 0.15) is 9.48 Å². The molecule has 5 heteroatoms. The number of aromatic nitrogens is 2. The Labute approximate surface area is 87.5 Å². The summed E-state index contributed by atoms with van der Waals surface area (Å²) in [6.07, 6.45) is 0.849. The van der Waals surface area contributed by atoms with Crippen LogP contribution in [0.3, 0.4) is 0 Å². The standard InChI is InChI=1S/C8H7BrN2OS/c1-4-5(2)11-6(3-12)7(9)13-8(11)10-4/h3H,1-2H3. The second kappa shape index (κ2) is 2.92. The van der Waals surface area contributed by atoms with Crippen molar-refractivity contribution in [3.05, 3.63) is 20.9 Å². The molecule has 0 radical (unpaired) electrons. The van der Waals surface area contributed by atoms with Gasteiger partial charge in [-0.1, -0.05) is 11.3 Å². The number of carbonyl (C=O) groups excluding carboxylic acids is 1. The average molecular weight is 259 g/mol. The normalized spacial score (nSPS) is 11.0. The van der Waals surface area contributed by atoms with Crippen LogP contribution in [0, 0.1) is 13.8 Å². The van der Waals surface area contributed by atoms with E-state index >= 15 is 0 Å². The number of carbonyl (C=O) groups is 1. The Morgan fingerprint density at radius 2 is 2.23 bits per heavy atom. The first-order chi connectivity index (χ1) is 6.15. The predicted octanol–water partition coefficient (Wildman–Crippen LogP) is 2.59. The van der Waals surface area contributed by atoms with Crippen LogP contribution in [0.15, 0.2) is 3.79 Å². The molecule has 2 heterocycles. The second-order valence-corrected chi connectivity index (χ2v) is 5.07. The molecule has 0 aliphatic carbocycles. The summed E-state index contributed by atoms with van der Waals surface area (Å²) in [4.78, 5) is 16.0. The highest BCUT2D eigenvalue weighted by molar-refractivity contribution is 9.11. The number of nitrogens with zero attached hydrogens (tertiary/aromatic N) is 2. The summed E-state index contributed by atoms with van der Waals surface area (Å²) in [5.41, 5.74) is 2.65. The lowest BCUT2D eigenvalue weighted by Crippen LogP contribution is -1.92. The third kappa shape index (κ3) is 1.14. The van der Waals surface area contributed by atoms with Crippen molar-refractivity contribution in [2.45, 2.75) is 13.8 Å². The van der Waals surface area contributed by atoms with Gasteiger partial charge in [0.05, 0.1) is 5.69 Å². The smallest absolute Gasteiger partial charge is 0.195 e. The second-order valence-electron chi connectivity index (χ2n) is 2.78. The topological polar surface area (TPSA) is 34.4 Å². The number of thiazole rings is 1. The Kier molecular flexibility index (Phi) is 2.00. The van der Waals surface area contributed by atoms with Crippen molar-refractivity contribution in [3.63, 3.8) is 0 Å². The number of hydrogen-bond acceptors (Lipinski definition) is 3. The van der Waals surface area contributed by atoms with Crippen molar-refractivity contribution in [1.82, 2.24) is 9.38 Å². The Hall–Kier alpha value is -0.680. The van der Waals surface area contributed by atoms with E-state index in [-0.39, 0.29) is 0 Å². The van der Waals surface area contributed by atoms with E-state index in [0.717, 1.165) is 26.4 Å². The third-order valence-corrected chi connectivity index (χ3v) is 3.79. The first kappa shape index (κ1) is 8.90. The zero-order valence-corrected chi connectivity index (χ0v) is 9.57. The summed E-state index contributed by atoms with van der Waals surface area (Å²) < 4.78 is 2.71. The fourth-order valence-corrected chi connectivity index (χ4v) is 2.87. The minimum atomic E-state index is 0.651. The highest BCUT2D eigenvalue weighted by Gasteiger charge is 2.14. The number of halogens is 1. The van der Waals surface area contributed by atoms with Crippen molar-refractivity contribution in [3.8, 4) is 0 Å². The number of rotatable bonds is 1. The molecule has 0 amide bonds. The Bertz CT molecular complexity index is 486. The summed E-state index contributed by atoms with van der Waals surface area (Å²) in [6.45, 7) is 3.90. The van der Waals surface area contributed by atoms with E-state index in [1.807, 2.05) is 18.2 Å². The molecule has 0 aliphatic rings. The maximum absolute atomic E-state index is 10.8. The minimum absolute atomic E-state index is 0.651. The molecule has 0 spiro atoms. The first-order valence-electron chi connectivity index (χ1n) is 3.74. The maximum Gasteiger partial charge on any atom is 0.195 e. The van der Waals surface area contributed by atoms with Gasteiger partial charge >= 0.3 is 0 Å². The molecule has 0 aromatic carbocycles. The number of aldehydes is 1. The fraction of sp³-hybridized carbons (Fsp3) is 0.250. The van der Waals surface area contributed by atoms with Crippen LogP contribution in [0.4, 0.5) is 0 Å². The maximum atomic E-state index is 10.8. The molecule has 68 valence electrons. The summed E-state index contributed by atoms with van der Waals surface area (Å²) in [7, 11) is 0. The van der Waals surface area contributed by atoms with Gasteiger partial charge in [0, 0.05) is 5.69 Å². The SMILES string of the molecule is Cc1nc2sc(Br)c(C=O)n2c1C. The van der Waals surface area contributed by atoms with Crippen molar-refractivity contribution >= 4 is 38.5 Å².